The minimum absolute atomic E-state index is 0.421. The minimum Gasteiger partial charge on any atom is -0.356 e. The largest absolute Gasteiger partial charge is 0.356 e. The van der Waals surface area contributed by atoms with E-state index in [1.54, 1.807) is 6.20 Å². The number of fused-ring (bicyclic) bond motifs is 1. The highest BCUT2D eigenvalue weighted by atomic mass is 15.3. The van der Waals surface area contributed by atoms with E-state index in [4.69, 9.17) is 5.84 Å². The van der Waals surface area contributed by atoms with Crippen molar-refractivity contribution in [2.24, 2.45) is 11.8 Å². The summed E-state index contributed by atoms with van der Waals surface area (Å²) in [6, 6.07) is 0. The van der Waals surface area contributed by atoms with Crippen LogP contribution in [0.4, 0.5) is 11.8 Å². The fourth-order valence-electron chi connectivity index (χ4n) is 2.68. The maximum Gasteiger partial charge on any atom is 0.241 e. The van der Waals surface area contributed by atoms with Gasteiger partial charge in [-0.05, 0) is 18.8 Å². The fourth-order valence-corrected chi connectivity index (χ4v) is 2.68. The van der Waals surface area contributed by atoms with E-state index in [1.165, 1.54) is 19.3 Å². The average Bonchev–Trinajstić information content (AvgIpc) is 2.94. The van der Waals surface area contributed by atoms with Crippen LogP contribution in [0, 0.1) is 5.92 Å². The smallest absolute Gasteiger partial charge is 0.241 e. The van der Waals surface area contributed by atoms with Gasteiger partial charge in [0.15, 0.2) is 5.65 Å². The van der Waals surface area contributed by atoms with E-state index in [0.717, 1.165) is 35.9 Å². The van der Waals surface area contributed by atoms with Crippen molar-refractivity contribution in [2.75, 3.05) is 23.4 Å². The van der Waals surface area contributed by atoms with Gasteiger partial charge in [0.2, 0.25) is 5.95 Å². The van der Waals surface area contributed by atoms with Gasteiger partial charge in [-0.15, -0.1) is 0 Å². The van der Waals surface area contributed by atoms with Crippen LogP contribution in [0.3, 0.4) is 0 Å². The van der Waals surface area contributed by atoms with Gasteiger partial charge in [-0.1, -0.05) is 13.3 Å². The number of nitrogens with one attached hydrogen (secondary N) is 2. The molecule has 0 amide bonds. The SMILES string of the molecule is CCC1CCN(c2nc(NN)nc3[nH]ncc23)CC1. The van der Waals surface area contributed by atoms with Crippen LogP contribution in [-0.2, 0) is 0 Å². The van der Waals surface area contributed by atoms with E-state index in [9.17, 15) is 0 Å². The normalized spacial score (nSPS) is 17.1. The maximum atomic E-state index is 5.42. The molecule has 4 N–H and O–H groups in total. The van der Waals surface area contributed by atoms with Crippen molar-refractivity contribution in [2.45, 2.75) is 26.2 Å². The molecule has 0 aliphatic carbocycles. The minimum atomic E-state index is 0.421. The summed E-state index contributed by atoms with van der Waals surface area (Å²) in [7, 11) is 0. The lowest BCUT2D eigenvalue weighted by Crippen LogP contribution is -2.34. The highest BCUT2D eigenvalue weighted by molar-refractivity contribution is 5.87. The molecule has 0 atom stereocenters. The van der Waals surface area contributed by atoms with E-state index in [-0.39, 0.29) is 0 Å². The molecular formula is C12H19N7. The van der Waals surface area contributed by atoms with Crippen LogP contribution in [0.25, 0.3) is 11.0 Å². The third-order valence-electron chi connectivity index (χ3n) is 3.91. The Morgan fingerprint density at radius 1 is 1.42 bits per heavy atom. The summed E-state index contributed by atoms with van der Waals surface area (Å²) in [5.74, 6) is 7.60. The van der Waals surface area contributed by atoms with Gasteiger partial charge in [-0.2, -0.15) is 15.1 Å². The molecule has 1 aliphatic rings. The van der Waals surface area contributed by atoms with Crippen LogP contribution in [-0.4, -0.2) is 33.3 Å². The van der Waals surface area contributed by atoms with Crippen molar-refractivity contribution in [1.82, 2.24) is 20.2 Å². The van der Waals surface area contributed by atoms with Gasteiger partial charge in [0.1, 0.15) is 5.82 Å². The molecule has 3 heterocycles. The Morgan fingerprint density at radius 3 is 2.89 bits per heavy atom. The summed E-state index contributed by atoms with van der Waals surface area (Å²) in [6.45, 7) is 4.31. The molecule has 3 rings (SSSR count). The van der Waals surface area contributed by atoms with Crippen molar-refractivity contribution in [3.05, 3.63) is 6.20 Å². The zero-order valence-corrected chi connectivity index (χ0v) is 11.1. The summed E-state index contributed by atoms with van der Waals surface area (Å²) in [6.07, 6.45) is 5.46. The van der Waals surface area contributed by atoms with Crippen molar-refractivity contribution in [3.8, 4) is 0 Å². The van der Waals surface area contributed by atoms with Gasteiger partial charge in [-0.3, -0.25) is 10.5 Å². The maximum absolute atomic E-state index is 5.42. The Morgan fingerprint density at radius 2 is 2.21 bits per heavy atom. The summed E-state index contributed by atoms with van der Waals surface area (Å²) in [4.78, 5) is 11.0. The standard InChI is InChI=1S/C12H19N7/c1-2-8-3-5-19(6-4-8)11-9-7-14-18-10(9)15-12(16-11)17-13/h7-8H,2-6,13H2,1H3,(H2,14,15,16,17,18). The van der Waals surface area contributed by atoms with Crippen molar-refractivity contribution >= 4 is 22.8 Å². The number of hydrogen-bond acceptors (Lipinski definition) is 6. The Bertz CT molecular complexity index is 556. The summed E-state index contributed by atoms with van der Waals surface area (Å²) >= 11 is 0. The Balaban J connectivity index is 1.93. The van der Waals surface area contributed by atoms with E-state index >= 15 is 0 Å². The second kappa shape index (κ2) is 5.00. The zero-order valence-electron chi connectivity index (χ0n) is 11.1. The monoisotopic (exact) mass is 261 g/mol. The molecule has 7 nitrogen and oxygen atoms in total. The number of piperidine rings is 1. The first-order valence-electron chi connectivity index (χ1n) is 6.74. The van der Waals surface area contributed by atoms with Gasteiger partial charge in [-0.25, -0.2) is 5.84 Å². The van der Waals surface area contributed by atoms with Gasteiger partial charge < -0.3 is 4.90 Å². The van der Waals surface area contributed by atoms with Gasteiger partial charge in [0, 0.05) is 13.1 Å². The highest BCUT2D eigenvalue weighted by Crippen LogP contribution is 2.28. The first kappa shape index (κ1) is 12.2. The number of anilines is 2. The Hall–Kier alpha value is -1.89. The van der Waals surface area contributed by atoms with Crippen LogP contribution in [0.1, 0.15) is 26.2 Å². The fraction of sp³-hybridized carbons (Fsp3) is 0.583. The van der Waals surface area contributed by atoms with Gasteiger partial charge in [0.05, 0.1) is 11.6 Å². The van der Waals surface area contributed by atoms with Crippen LogP contribution in [0.2, 0.25) is 0 Å². The lowest BCUT2D eigenvalue weighted by molar-refractivity contribution is 0.394. The summed E-state index contributed by atoms with van der Waals surface area (Å²) < 4.78 is 0. The van der Waals surface area contributed by atoms with Crippen LogP contribution < -0.4 is 16.2 Å². The first-order valence-corrected chi connectivity index (χ1v) is 6.74. The van der Waals surface area contributed by atoms with Crippen LogP contribution in [0.15, 0.2) is 6.20 Å². The number of nitrogens with zero attached hydrogens (tertiary/aromatic N) is 4. The second-order valence-corrected chi connectivity index (χ2v) is 4.99. The van der Waals surface area contributed by atoms with E-state index in [0.29, 0.717) is 5.95 Å². The lowest BCUT2D eigenvalue weighted by atomic mass is 9.94. The third kappa shape index (κ3) is 2.21. The molecule has 2 aromatic heterocycles. The summed E-state index contributed by atoms with van der Waals surface area (Å²) in [5.41, 5.74) is 3.23. The number of rotatable bonds is 3. The molecule has 0 spiro atoms. The highest BCUT2D eigenvalue weighted by Gasteiger charge is 2.21. The topological polar surface area (TPSA) is 95.8 Å². The molecule has 0 radical (unpaired) electrons. The number of hydrogen-bond donors (Lipinski definition) is 3. The third-order valence-corrected chi connectivity index (χ3v) is 3.91. The predicted octanol–water partition coefficient (Wildman–Crippen LogP) is 1.26. The summed E-state index contributed by atoms with van der Waals surface area (Å²) in [5, 5.41) is 7.86. The molecule has 1 saturated heterocycles. The molecular weight excluding hydrogens is 242 g/mol. The quantitative estimate of drug-likeness (QED) is 0.568. The number of aromatic amines is 1. The molecule has 19 heavy (non-hydrogen) atoms. The molecule has 0 saturated carbocycles. The van der Waals surface area contributed by atoms with E-state index < -0.39 is 0 Å². The van der Waals surface area contributed by atoms with Crippen LogP contribution >= 0.6 is 0 Å². The lowest BCUT2D eigenvalue weighted by Gasteiger charge is -2.32. The Kier molecular flexibility index (Phi) is 3.20. The average molecular weight is 261 g/mol. The number of nitrogens with two attached hydrogens (primary N) is 1. The van der Waals surface area contributed by atoms with E-state index in [1.807, 2.05) is 0 Å². The number of aromatic nitrogens is 4. The van der Waals surface area contributed by atoms with Crippen molar-refractivity contribution in [3.63, 3.8) is 0 Å². The van der Waals surface area contributed by atoms with Crippen molar-refractivity contribution in [1.29, 1.82) is 0 Å². The molecule has 102 valence electrons. The first-order chi connectivity index (χ1) is 9.31. The van der Waals surface area contributed by atoms with Crippen LogP contribution in [0.5, 0.6) is 0 Å². The number of nitrogen functional groups attached to an aromatic ring is 1. The number of hydrazine groups is 1. The van der Waals surface area contributed by atoms with Gasteiger partial charge >= 0.3 is 0 Å². The second-order valence-electron chi connectivity index (χ2n) is 4.99. The Labute approximate surface area is 111 Å². The molecule has 0 unspecified atom stereocenters. The molecule has 0 bridgehead atoms. The number of H-pyrrole nitrogens is 1. The van der Waals surface area contributed by atoms with Crippen molar-refractivity contribution < 1.29 is 0 Å². The predicted molar refractivity (Wildman–Crippen MR) is 74.7 cm³/mol. The molecule has 0 aromatic carbocycles. The van der Waals surface area contributed by atoms with E-state index in [2.05, 4.69) is 37.4 Å². The molecule has 1 fully saturated rings. The molecule has 2 aromatic rings. The van der Waals surface area contributed by atoms with Gasteiger partial charge in [0.25, 0.3) is 0 Å². The molecule has 7 heteroatoms. The zero-order chi connectivity index (χ0) is 13.2. The molecule has 1 aliphatic heterocycles.